The third kappa shape index (κ3) is 4.45. The Morgan fingerprint density at radius 3 is 2.81 bits per heavy atom. The molecule has 0 saturated carbocycles. The second-order valence-corrected chi connectivity index (χ2v) is 7.68. The number of benzene rings is 2. The summed E-state index contributed by atoms with van der Waals surface area (Å²) < 4.78 is 21.7. The Morgan fingerprint density at radius 1 is 1.35 bits per heavy atom. The number of phenolic OH excluding ortho intramolecular Hbond substituents is 1. The smallest absolute Gasteiger partial charge is 0.255 e. The third-order valence-electron chi connectivity index (χ3n) is 5.57. The van der Waals surface area contributed by atoms with Gasteiger partial charge < -0.3 is 20.3 Å². The van der Waals surface area contributed by atoms with Gasteiger partial charge in [-0.2, -0.15) is 5.10 Å². The van der Waals surface area contributed by atoms with Gasteiger partial charge in [0.1, 0.15) is 0 Å². The summed E-state index contributed by atoms with van der Waals surface area (Å²) in [4.78, 5) is 12.7. The lowest BCUT2D eigenvalue weighted by molar-refractivity contribution is -0.0140. The molecule has 3 N–H and O–H groups in total. The molecule has 0 radical (unpaired) electrons. The predicted octanol–water partition coefficient (Wildman–Crippen LogP) is 2.50. The van der Waals surface area contributed by atoms with Gasteiger partial charge in [-0.1, -0.05) is 12.1 Å². The SMILES string of the molecule is Cc1c(Cc2ccc(-n3cccn3)cc2)cc(C(=O)N[C@H]2COCC[C@@H]2O)c(O)c1F. The molecule has 0 unspecified atom stereocenters. The molecule has 1 amide bonds. The topological polar surface area (TPSA) is 96.6 Å². The van der Waals surface area contributed by atoms with E-state index in [0.29, 0.717) is 25.0 Å². The normalized spacial score (nSPS) is 18.7. The maximum Gasteiger partial charge on any atom is 0.255 e. The van der Waals surface area contributed by atoms with E-state index >= 15 is 0 Å². The Balaban J connectivity index is 1.56. The van der Waals surface area contributed by atoms with Gasteiger partial charge in [0.2, 0.25) is 0 Å². The number of hydrogen-bond donors (Lipinski definition) is 3. The average Bonchev–Trinajstić information content (AvgIpc) is 3.31. The number of hydrogen-bond acceptors (Lipinski definition) is 5. The molecule has 2 atom stereocenters. The fourth-order valence-corrected chi connectivity index (χ4v) is 3.66. The largest absolute Gasteiger partial charge is 0.504 e. The van der Waals surface area contributed by atoms with Gasteiger partial charge in [-0.3, -0.25) is 4.79 Å². The lowest BCUT2D eigenvalue weighted by atomic mass is 9.96. The Morgan fingerprint density at radius 2 is 2.13 bits per heavy atom. The average molecular weight is 425 g/mol. The fraction of sp³-hybridized carbons (Fsp3) is 0.304. The Kier molecular flexibility index (Phi) is 6.01. The third-order valence-corrected chi connectivity index (χ3v) is 5.57. The number of phenols is 1. The first-order valence-electron chi connectivity index (χ1n) is 10.1. The summed E-state index contributed by atoms with van der Waals surface area (Å²) in [6.45, 7) is 2.15. The van der Waals surface area contributed by atoms with Gasteiger partial charge in [-0.25, -0.2) is 9.07 Å². The molecular weight excluding hydrogens is 401 g/mol. The minimum Gasteiger partial charge on any atom is -0.504 e. The van der Waals surface area contributed by atoms with Crippen molar-refractivity contribution in [1.29, 1.82) is 0 Å². The highest BCUT2D eigenvalue weighted by Crippen LogP contribution is 2.29. The van der Waals surface area contributed by atoms with Crippen LogP contribution in [0.1, 0.15) is 33.5 Å². The van der Waals surface area contributed by atoms with Crippen LogP contribution in [0.4, 0.5) is 4.39 Å². The molecule has 2 heterocycles. The maximum absolute atomic E-state index is 14.7. The van der Waals surface area contributed by atoms with Crippen molar-refractivity contribution in [3.63, 3.8) is 0 Å². The lowest BCUT2D eigenvalue weighted by Gasteiger charge is -2.28. The van der Waals surface area contributed by atoms with Crippen molar-refractivity contribution in [1.82, 2.24) is 15.1 Å². The summed E-state index contributed by atoms with van der Waals surface area (Å²) >= 11 is 0. The van der Waals surface area contributed by atoms with Crippen LogP contribution in [0.25, 0.3) is 5.69 Å². The van der Waals surface area contributed by atoms with Gasteiger partial charge in [-0.05, 0) is 60.7 Å². The number of carbonyl (C=O) groups excluding carboxylic acids is 1. The van der Waals surface area contributed by atoms with Crippen LogP contribution in [0.2, 0.25) is 0 Å². The van der Waals surface area contributed by atoms with Crippen molar-refractivity contribution in [2.24, 2.45) is 0 Å². The number of carbonyl (C=O) groups is 1. The number of halogens is 1. The molecule has 1 saturated heterocycles. The Labute approximate surface area is 179 Å². The van der Waals surface area contributed by atoms with Crippen LogP contribution >= 0.6 is 0 Å². The molecule has 0 aliphatic carbocycles. The summed E-state index contributed by atoms with van der Waals surface area (Å²) in [6, 6.07) is 10.4. The number of nitrogens with one attached hydrogen (secondary N) is 1. The van der Waals surface area contributed by atoms with Crippen molar-refractivity contribution in [3.8, 4) is 11.4 Å². The van der Waals surface area contributed by atoms with Crippen LogP contribution in [0.3, 0.4) is 0 Å². The van der Waals surface area contributed by atoms with Crippen molar-refractivity contribution >= 4 is 5.91 Å². The van der Waals surface area contributed by atoms with E-state index in [1.807, 2.05) is 36.5 Å². The molecule has 1 aromatic heterocycles. The highest BCUT2D eigenvalue weighted by molar-refractivity contribution is 5.97. The molecule has 162 valence electrons. The highest BCUT2D eigenvalue weighted by Gasteiger charge is 2.28. The number of amides is 1. The molecule has 0 spiro atoms. The minimum atomic E-state index is -0.823. The molecule has 4 rings (SSSR count). The first kappa shape index (κ1) is 21.0. The van der Waals surface area contributed by atoms with Crippen LogP contribution in [0.15, 0.2) is 48.8 Å². The second kappa shape index (κ2) is 8.87. The van der Waals surface area contributed by atoms with Gasteiger partial charge >= 0.3 is 0 Å². The first-order chi connectivity index (χ1) is 14.9. The summed E-state index contributed by atoms with van der Waals surface area (Å²) in [5, 5.41) is 27.1. The number of rotatable bonds is 5. The van der Waals surface area contributed by atoms with Crippen LogP contribution in [-0.4, -0.2) is 51.3 Å². The molecule has 2 aromatic carbocycles. The number of aliphatic hydroxyl groups is 1. The van der Waals surface area contributed by atoms with Gasteiger partial charge in [0.25, 0.3) is 5.91 Å². The Hall–Kier alpha value is -3.23. The summed E-state index contributed by atoms with van der Waals surface area (Å²) in [7, 11) is 0. The van der Waals surface area contributed by atoms with Gasteiger partial charge in [0.05, 0.1) is 30.0 Å². The van der Waals surface area contributed by atoms with Crippen LogP contribution in [0.5, 0.6) is 5.75 Å². The van der Waals surface area contributed by atoms with Crippen molar-refractivity contribution in [2.45, 2.75) is 31.9 Å². The van der Waals surface area contributed by atoms with E-state index in [-0.39, 0.29) is 17.7 Å². The predicted molar refractivity (Wildman–Crippen MR) is 112 cm³/mol. The highest BCUT2D eigenvalue weighted by atomic mass is 19.1. The van der Waals surface area contributed by atoms with Crippen molar-refractivity contribution < 1.29 is 24.1 Å². The van der Waals surface area contributed by atoms with E-state index in [2.05, 4.69) is 10.4 Å². The molecule has 3 aromatic rings. The molecule has 1 aliphatic rings. The van der Waals surface area contributed by atoms with Crippen LogP contribution in [-0.2, 0) is 11.2 Å². The number of ether oxygens (including phenoxy) is 1. The van der Waals surface area contributed by atoms with Gasteiger partial charge in [0, 0.05) is 19.0 Å². The molecule has 0 bridgehead atoms. The van der Waals surface area contributed by atoms with E-state index < -0.39 is 29.6 Å². The number of aromatic hydroxyl groups is 1. The number of aromatic nitrogens is 2. The van der Waals surface area contributed by atoms with Gasteiger partial charge in [-0.15, -0.1) is 0 Å². The zero-order valence-corrected chi connectivity index (χ0v) is 17.1. The molecule has 1 fully saturated rings. The summed E-state index contributed by atoms with van der Waals surface area (Å²) in [5.41, 5.74) is 2.53. The molecule has 8 heteroatoms. The number of nitrogens with zero attached hydrogens (tertiary/aromatic N) is 2. The monoisotopic (exact) mass is 425 g/mol. The standard InChI is InChI=1S/C23H24FN3O4/c1-14-16(11-15-3-5-17(6-4-15)27-9-2-8-25-27)12-18(22(29)21(14)24)23(30)26-19-13-31-10-7-20(19)28/h2-6,8-9,12,19-20,28-29H,7,10-11,13H2,1H3,(H,26,30)/t19-,20-/m0/s1. The molecular formula is C23H24FN3O4. The van der Waals surface area contributed by atoms with E-state index in [1.165, 1.54) is 6.07 Å². The molecule has 31 heavy (non-hydrogen) atoms. The van der Waals surface area contributed by atoms with Crippen molar-refractivity contribution in [3.05, 3.63) is 76.9 Å². The van der Waals surface area contributed by atoms with E-state index in [1.54, 1.807) is 17.8 Å². The first-order valence-corrected chi connectivity index (χ1v) is 10.1. The zero-order chi connectivity index (χ0) is 22.0. The quantitative estimate of drug-likeness (QED) is 0.584. The molecule has 1 aliphatic heterocycles. The van der Waals surface area contributed by atoms with Gasteiger partial charge in [0.15, 0.2) is 11.6 Å². The fourth-order valence-electron chi connectivity index (χ4n) is 3.66. The van der Waals surface area contributed by atoms with Crippen LogP contribution in [0, 0.1) is 12.7 Å². The lowest BCUT2D eigenvalue weighted by Crippen LogP contribution is -2.49. The van der Waals surface area contributed by atoms with E-state index in [0.717, 1.165) is 11.3 Å². The van der Waals surface area contributed by atoms with E-state index in [9.17, 15) is 19.4 Å². The Bertz CT molecular complexity index is 1070. The summed E-state index contributed by atoms with van der Waals surface area (Å²) in [5.74, 6) is -2.17. The number of aliphatic hydroxyl groups excluding tert-OH is 1. The zero-order valence-electron chi connectivity index (χ0n) is 17.1. The maximum atomic E-state index is 14.7. The van der Waals surface area contributed by atoms with Crippen molar-refractivity contribution in [2.75, 3.05) is 13.2 Å². The minimum absolute atomic E-state index is 0.163. The van der Waals surface area contributed by atoms with Crippen LogP contribution < -0.4 is 5.32 Å². The summed E-state index contributed by atoms with van der Waals surface area (Å²) in [6.07, 6.45) is 3.58. The second-order valence-electron chi connectivity index (χ2n) is 7.68. The van der Waals surface area contributed by atoms with E-state index in [4.69, 9.17) is 4.74 Å². The molecule has 7 nitrogen and oxygen atoms in total.